The second kappa shape index (κ2) is 9.80. The fraction of sp³-hybridized carbons (Fsp3) is 0.308. The highest BCUT2D eigenvalue weighted by Gasteiger charge is 2.28. The van der Waals surface area contributed by atoms with Crippen molar-refractivity contribution in [3.05, 3.63) is 82.5 Å². The Bertz CT molecular complexity index is 1440. The molecule has 1 amide bonds. The summed E-state index contributed by atoms with van der Waals surface area (Å²) in [7, 11) is 3.35. The lowest BCUT2D eigenvalue weighted by atomic mass is 10.0. The van der Waals surface area contributed by atoms with Crippen LogP contribution < -0.4 is 20.7 Å². The van der Waals surface area contributed by atoms with E-state index in [1.54, 1.807) is 12.1 Å². The lowest BCUT2D eigenvalue weighted by Crippen LogP contribution is -2.47. The van der Waals surface area contributed by atoms with Gasteiger partial charge < -0.3 is 19.7 Å². The standard InChI is InChI=1S/C26H28FN7O2/c1-28-26(36)34-23(35)11-14-29-24(34)31(2)20-12-15-32(16-13-20)25-30-21-5-3-4-6-22(21)33(25)17-18-7-9-19(27)10-8-18/h3-11,14,20H,12-13,15-17H2,1-2H3,(H,28,36). The lowest BCUT2D eigenvalue weighted by molar-refractivity contribution is 0.243. The van der Waals surface area contributed by atoms with Gasteiger partial charge in [-0.15, -0.1) is 0 Å². The van der Waals surface area contributed by atoms with Gasteiger partial charge in [0.05, 0.1) is 17.6 Å². The van der Waals surface area contributed by atoms with E-state index in [0.717, 1.165) is 53.0 Å². The minimum absolute atomic E-state index is 0.0985. The van der Waals surface area contributed by atoms with Crippen molar-refractivity contribution in [1.29, 1.82) is 0 Å². The van der Waals surface area contributed by atoms with Gasteiger partial charge in [0.25, 0.3) is 5.56 Å². The highest BCUT2D eigenvalue weighted by Crippen LogP contribution is 2.28. The van der Waals surface area contributed by atoms with E-state index in [2.05, 4.69) is 25.8 Å². The van der Waals surface area contributed by atoms with Gasteiger partial charge in [-0.25, -0.2) is 19.2 Å². The number of para-hydroxylation sites is 2. The van der Waals surface area contributed by atoms with Crippen LogP contribution in [0.1, 0.15) is 18.4 Å². The Kier molecular flexibility index (Phi) is 6.41. The Labute approximate surface area is 207 Å². The summed E-state index contributed by atoms with van der Waals surface area (Å²) in [6.45, 7) is 2.08. The molecule has 0 aliphatic carbocycles. The zero-order valence-electron chi connectivity index (χ0n) is 20.3. The third-order valence-corrected chi connectivity index (χ3v) is 6.74. The number of imidazole rings is 1. The number of carbonyl (C=O) groups excluding carboxylic acids is 1. The van der Waals surface area contributed by atoms with E-state index in [1.807, 2.05) is 30.1 Å². The Morgan fingerprint density at radius 2 is 1.83 bits per heavy atom. The first-order chi connectivity index (χ1) is 17.5. The first-order valence-corrected chi connectivity index (χ1v) is 11.9. The molecule has 10 heteroatoms. The summed E-state index contributed by atoms with van der Waals surface area (Å²) in [6, 6.07) is 15.4. The van der Waals surface area contributed by atoms with Crippen LogP contribution in [0, 0.1) is 5.82 Å². The first kappa shape index (κ1) is 23.5. The van der Waals surface area contributed by atoms with Gasteiger partial charge in [0.1, 0.15) is 5.82 Å². The van der Waals surface area contributed by atoms with Crippen LogP contribution in [0.2, 0.25) is 0 Å². The summed E-state index contributed by atoms with van der Waals surface area (Å²) in [5.41, 5.74) is 2.52. The van der Waals surface area contributed by atoms with E-state index < -0.39 is 11.6 Å². The molecule has 9 nitrogen and oxygen atoms in total. The van der Waals surface area contributed by atoms with Crippen LogP contribution in [0.5, 0.6) is 0 Å². The largest absolute Gasteiger partial charge is 0.342 e. The van der Waals surface area contributed by atoms with Crippen molar-refractivity contribution in [3.8, 4) is 0 Å². The molecule has 0 spiro atoms. The number of fused-ring (bicyclic) bond motifs is 1. The van der Waals surface area contributed by atoms with Gasteiger partial charge in [0, 0.05) is 45.5 Å². The molecular formula is C26H28FN7O2. The molecule has 0 atom stereocenters. The molecule has 3 heterocycles. The topological polar surface area (TPSA) is 88.3 Å². The number of hydrogen-bond acceptors (Lipinski definition) is 6. The number of benzene rings is 2. The molecule has 0 radical (unpaired) electrons. The number of rotatable bonds is 5. The van der Waals surface area contributed by atoms with E-state index in [0.29, 0.717) is 12.5 Å². The van der Waals surface area contributed by atoms with Crippen LogP contribution in [0.25, 0.3) is 11.0 Å². The molecule has 1 fully saturated rings. The maximum atomic E-state index is 13.4. The molecule has 4 aromatic rings. The van der Waals surface area contributed by atoms with Crippen LogP contribution >= 0.6 is 0 Å². The average Bonchev–Trinajstić information content (AvgIpc) is 3.27. The first-order valence-electron chi connectivity index (χ1n) is 11.9. The molecule has 2 aromatic heterocycles. The molecule has 1 aliphatic heterocycles. The summed E-state index contributed by atoms with van der Waals surface area (Å²) in [5.74, 6) is 0.945. The van der Waals surface area contributed by atoms with E-state index in [4.69, 9.17) is 4.98 Å². The quantitative estimate of drug-likeness (QED) is 0.464. The Morgan fingerprint density at radius 1 is 1.11 bits per heavy atom. The number of anilines is 2. The van der Waals surface area contributed by atoms with E-state index in [1.165, 1.54) is 31.4 Å². The number of piperidine rings is 1. The van der Waals surface area contributed by atoms with Crippen LogP contribution in [0.3, 0.4) is 0 Å². The van der Waals surface area contributed by atoms with Crippen molar-refractivity contribution in [2.75, 3.05) is 37.0 Å². The summed E-state index contributed by atoms with van der Waals surface area (Å²) in [4.78, 5) is 38.1. The van der Waals surface area contributed by atoms with E-state index in [-0.39, 0.29) is 11.9 Å². The van der Waals surface area contributed by atoms with Crippen molar-refractivity contribution < 1.29 is 9.18 Å². The zero-order valence-corrected chi connectivity index (χ0v) is 20.3. The van der Waals surface area contributed by atoms with Gasteiger partial charge in [0.15, 0.2) is 0 Å². The highest BCUT2D eigenvalue weighted by atomic mass is 19.1. The van der Waals surface area contributed by atoms with Crippen molar-refractivity contribution in [1.82, 2.24) is 24.4 Å². The lowest BCUT2D eigenvalue weighted by Gasteiger charge is -2.38. The molecule has 1 aliphatic rings. The minimum Gasteiger partial charge on any atom is -0.342 e. The number of nitrogens with one attached hydrogen (secondary N) is 1. The van der Waals surface area contributed by atoms with E-state index in [9.17, 15) is 14.0 Å². The smallest absolute Gasteiger partial charge is 0.331 e. The summed E-state index contributed by atoms with van der Waals surface area (Å²) < 4.78 is 16.7. The van der Waals surface area contributed by atoms with Gasteiger partial charge in [-0.1, -0.05) is 24.3 Å². The van der Waals surface area contributed by atoms with Crippen molar-refractivity contribution in [2.45, 2.75) is 25.4 Å². The maximum absolute atomic E-state index is 13.4. The van der Waals surface area contributed by atoms with Crippen molar-refractivity contribution in [2.24, 2.45) is 0 Å². The second-order valence-corrected chi connectivity index (χ2v) is 8.92. The molecule has 0 unspecified atom stereocenters. The Morgan fingerprint density at radius 3 is 2.56 bits per heavy atom. The molecular weight excluding hydrogens is 461 g/mol. The predicted octanol–water partition coefficient (Wildman–Crippen LogP) is 3.07. The number of aromatic nitrogens is 4. The third kappa shape index (κ3) is 4.41. The molecule has 36 heavy (non-hydrogen) atoms. The molecule has 186 valence electrons. The number of amides is 1. The highest BCUT2D eigenvalue weighted by molar-refractivity contribution is 5.80. The fourth-order valence-corrected chi connectivity index (χ4v) is 4.80. The monoisotopic (exact) mass is 489 g/mol. The normalized spacial score (nSPS) is 14.2. The van der Waals surface area contributed by atoms with Crippen LogP contribution in [-0.2, 0) is 6.54 Å². The SMILES string of the molecule is CNC(=O)n1c(N(C)C2CCN(c3nc4ccccc4n3Cc3ccc(F)cc3)CC2)nccc1=O. The number of nitrogens with zero attached hydrogens (tertiary/aromatic N) is 6. The van der Waals surface area contributed by atoms with Crippen molar-refractivity contribution >= 4 is 29.0 Å². The summed E-state index contributed by atoms with van der Waals surface area (Å²) in [5, 5.41) is 2.51. The molecule has 2 aromatic carbocycles. The summed E-state index contributed by atoms with van der Waals surface area (Å²) >= 11 is 0. The molecule has 5 rings (SSSR count). The Balaban J connectivity index is 1.38. The van der Waals surface area contributed by atoms with Gasteiger partial charge in [-0.2, -0.15) is 4.57 Å². The van der Waals surface area contributed by atoms with Crippen molar-refractivity contribution in [3.63, 3.8) is 0 Å². The second-order valence-electron chi connectivity index (χ2n) is 8.92. The fourth-order valence-electron chi connectivity index (χ4n) is 4.80. The van der Waals surface area contributed by atoms with Gasteiger partial charge in [-0.3, -0.25) is 4.79 Å². The van der Waals surface area contributed by atoms with Crippen LogP contribution in [-0.4, -0.2) is 58.4 Å². The van der Waals surface area contributed by atoms with Gasteiger partial charge >= 0.3 is 6.03 Å². The summed E-state index contributed by atoms with van der Waals surface area (Å²) in [6.07, 6.45) is 3.03. The number of carbonyl (C=O) groups is 1. The van der Waals surface area contributed by atoms with Crippen LogP contribution in [0.15, 0.2) is 65.6 Å². The third-order valence-electron chi connectivity index (χ3n) is 6.74. The molecule has 0 bridgehead atoms. The zero-order chi connectivity index (χ0) is 25.2. The van der Waals surface area contributed by atoms with Crippen LogP contribution in [0.4, 0.5) is 21.1 Å². The van der Waals surface area contributed by atoms with Gasteiger partial charge in [0.2, 0.25) is 11.9 Å². The maximum Gasteiger partial charge on any atom is 0.331 e. The minimum atomic E-state index is -0.512. The predicted molar refractivity (Wildman–Crippen MR) is 137 cm³/mol. The molecule has 0 saturated carbocycles. The van der Waals surface area contributed by atoms with E-state index >= 15 is 0 Å². The number of hydrogen-bond donors (Lipinski definition) is 1. The number of halogens is 1. The van der Waals surface area contributed by atoms with Gasteiger partial charge in [-0.05, 0) is 42.7 Å². The average molecular weight is 490 g/mol. The Hall–Kier alpha value is -4.21. The molecule has 1 saturated heterocycles. The molecule has 1 N–H and O–H groups in total.